The minimum Gasteiger partial charge on any atom is -0.486 e. The lowest BCUT2D eigenvalue weighted by Crippen LogP contribution is -2.15. The molecule has 0 saturated heterocycles. The summed E-state index contributed by atoms with van der Waals surface area (Å²) in [6.07, 6.45) is 0. The summed E-state index contributed by atoms with van der Waals surface area (Å²) in [5.74, 6) is 2.45. The van der Waals surface area contributed by atoms with Crippen molar-refractivity contribution in [2.75, 3.05) is 59.5 Å². The quantitative estimate of drug-likeness (QED) is 0.0648. The van der Waals surface area contributed by atoms with Crippen LogP contribution in [0.25, 0.3) is 0 Å². The third kappa shape index (κ3) is 13.4. The number of benzene rings is 3. The molecule has 0 aliphatic carbocycles. The lowest BCUT2D eigenvalue weighted by Gasteiger charge is -2.17. The molecule has 0 atom stereocenters. The van der Waals surface area contributed by atoms with Crippen LogP contribution in [0, 0.1) is 0 Å². The Kier molecular flexibility index (Phi) is 16.8. The van der Waals surface area contributed by atoms with Crippen LogP contribution < -0.4 is 14.2 Å². The predicted octanol–water partition coefficient (Wildman–Crippen LogP) is 7.33. The van der Waals surface area contributed by atoms with Gasteiger partial charge in [0.05, 0.1) is 19.8 Å². The molecule has 0 amide bonds. The number of hydrogen-bond donors (Lipinski definition) is 0. The molecule has 0 radical (unpaired) electrons. The molecule has 232 valence electrons. The Morgan fingerprint density at radius 2 is 0.738 bits per heavy atom. The molecular weight excluding hydrogens is 575 g/mol. The van der Waals surface area contributed by atoms with Gasteiger partial charge in [-0.2, -0.15) is 0 Å². The molecule has 0 heterocycles. The van der Waals surface area contributed by atoms with Gasteiger partial charge in [0.2, 0.25) is 14.7 Å². The lowest BCUT2D eigenvalue weighted by atomic mass is 10.3. The van der Waals surface area contributed by atoms with Crippen molar-refractivity contribution in [3.8, 4) is 17.2 Å². The highest BCUT2D eigenvalue weighted by Gasteiger charge is 2.37. The van der Waals surface area contributed by atoms with E-state index in [-0.39, 0.29) is 0 Å². The van der Waals surface area contributed by atoms with Gasteiger partial charge in [0.25, 0.3) is 0 Å². The summed E-state index contributed by atoms with van der Waals surface area (Å²) in [5, 5.41) is 0. The van der Waals surface area contributed by atoms with Gasteiger partial charge in [-0.1, -0.05) is 36.4 Å². The van der Waals surface area contributed by atoms with E-state index in [9.17, 15) is 17.3 Å². The molecule has 42 heavy (non-hydrogen) atoms. The smallest absolute Gasteiger partial charge is 0.486 e. The van der Waals surface area contributed by atoms with Crippen molar-refractivity contribution in [2.24, 2.45) is 0 Å². The van der Waals surface area contributed by atoms with Gasteiger partial charge in [-0.25, -0.2) is 0 Å². The number of ether oxygens (including phenoxy) is 6. The number of hydrogen-bond acceptors (Lipinski definition) is 6. The van der Waals surface area contributed by atoms with E-state index in [1.165, 1.54) is 0 Å². The van der Waals surface area contributed by atoms with E-state index in [4.69, 9.17) is 28.4 Å². The number of para-hydroxylation sites is 3. The van der Waals surface area contributed by atoms with Crippen LogP contribution in [0.15, 0.2) is 87.5 Å². The third-order valence-electron chi connectivity index (χ3n) is 5.28. The first kappa shape index (κ1) is 35.3. The Balaban J connectivity index is 0.00000113. The molecule has 0 spiro atoms. The first-order valence-electron chi connectivity index (χ1n) is 13.8. The molecule has 3 rings (SSSR count). The zero-order valence-electron chi connectivity index (χ0n) is 24.2. The molecular formula is C30H39BF4O6S. The Hall–Kier alpha value is -2.93. The first-order valence-corrected chi connectivity index (χ1v) is 15.0. The van der Waals surface area contributed by atoms with Gasteiger partial charge in [0, 0.05) is 19.8 Å². The predicted molar refractivity (Wildman–Crippen MR) is 158 cm³/mol. The molecule has 0 N–H and O–H groups in total. The van der Waals surface area contributed by atoms with Crippen molar-refractivity contribution in [3.63, 3.8) is 0 Å². The average Bonchev–Trinajstić information content (AvgIpc) is 2.97. The number of rotatable bonds is 18. The highest BCUT2D eigenvalue weighted by molar-refractivity contribution is 7.97. The molecule has 0 fully saturated rings. The lowest BCUT2D eigenvalue weighted by molar-refractivity contribution is 0.108. The fourth-order valence-electron chi connectivity index (χ4n) is 3.63. The Bertz CT molecular complexity index is 1020. The molecule has 0 bridgehead atoms. The van der Waals surface area contributed by atoms with E-state index < -0.39 is 18.1 Å². The summed E-state index contributed by atoms with van der Waals surface area (Å²) in [7, 11) is -6.57. The Morgan fingerprint density at radius 1 is 0.476 bits per heavy atom. The van der Waals surface area contributed by atoms with Crippen LogP contribution in [-0.4, -0.2) is 66.7 Å². The molecule has 3 aromatic carbocycles. The van der Waals surface area contributed by atoms with Crippen molar-refractivity contribution >= 4 is 18.1 Å². The largest absolute Gasteiger partial charge is 0.673 e. The minimum absolute atomic E-state index is 0.473. The molecule has 0 saturated carbocycles. The van der Waals surface area contributed by atoms with Crippen LogP contribution in [-0.2, 0) is 25.1 Å². The standard InChI is InChI=1S/C30H39O6S.BF4/c1-4-31-19-22-34-25-13-7-10-16-28(25)37(29-17-11-8-14-26(29)35-23-20-32-5-2)30-18-12-9-15-27(30)36-24-21-33-6-3;2-1(3,4)5/h7-18H,4-6,19-24H2,1-3H3;/q+1;-1. The highest BCUT2D eigenvalue weighted by Crippen LogP contribution is 2.43. The normalized spacial score (nSPS) is 11.1. The van der Waals surface area contributed by atoms with Gasteiger partial charge in [-0.05, 0) is 57.2 Å². The van der Waals surface area contributed by atoms with Crippen molar-refractivity contribution in [1.82, 2.24) is 0 Å². The summed E-state index contributed by atoms with van der Waals surface area (Å²) >= 11 is 0. The maximum Gasteiger partial charge on any atom is 0.673 e. The van der Waals surface area contributed by atoms with E-state index in [0.717, 1.165) is 31.9 Å². The summed E-state index contributed by atoms with van der Waals surface area (Å²) in [5.41, 5.74) is 0. The minimum atomic E-state index is -6.00. The number of halogens is 4. The maximum absolute atomic E-state index is 9.75. The van der Waals surface area contributed by atoms with Gasteiger partial charge in [-0.3, -0.25) is 0 Å². The van der Waals surface area contributed by atoms with Crippen LogP contribution in [0.3, 0.4) is 0 Å². The SMILES string of the molecule is CCOCCOc1ccccc1[S+](c1ccccc1OCCOCC)c1ccccc1OCCOCC.F[B-](F)(F)F. The van der Waals surface area contributed by atoms with Gasteiger partial charge in [-0.15, -0.1) is 0 Å². The van der Waals surface area contributed by atoms with Crippen LogP contribution in [0.2, 0.25) is 0 Å². The van der Waals surface area contributed by atoms with Crippen molar-refractivity contribution in [3.05, 3.63) is 72.8 Å². The van der Waals surface area contributed by atoms with Gasteiger partial charge in [0.1, 0.15) is 30.7 Å². The zero-order chi connectivity index (χ0) is 30.6. The van der Waals surface area contributed by atoms with Gasteiger partial charge < -0.3 is 45.7 Å². The van der Waals surface area contributed by atoms with E-state index in [1.807, 2.05) is 75.4 Å². The topological polar surface area (TPSA) is 55.4 Å². The fraction of sp³-hybridized carbons (Fsp3) is 0.400. The van der Waals surface area contributed by atoms with E-state index in [2.05, 4.69) is 18.2 Å². The second-order valence-electron chi connectivity index (χ2n) is 8.28. The summed E-state index contributed by atoms with van der Waals surface area (Å²) in [6.45, 7) is 11.0. The van der Waals surface area contributed by atoms with Crippen LogP contribution in [0.1, 0.15) is 20.8 Å². The Labute approximate surface area is 248 Å². The molecule has 0 aliphatic rings. The van der Waals surface area contributed by atoms with Crippen LogP contribution in [0.4, 0.5) is 17.3 Å². The molecule has 3 aromatic rings. The average molecular weight is 615 g/mol. The molecule has 12 heteroatoms. The van der Waals surface area contributed by atoms with Crippen molar-refractivity contribution < 1.29 is 45.7 Å². The highest BCUT2D eigenvalue weighted by atomic mass is 32.2. The second kappa shape index (κ2) is 20.1. The Morgan fingerprint density at radius 3 is 1.00 bits per heavy atom. The van der Waals surface area contributed by atoms with Gasteiger partial charge >= 0.3 is 7.25 Å². The molecule has 6 nitrogen and oxygen atoms in total. The van der Waals surface area contributed by atoms with Gasteiger partial charge in [0.15, 0.2) is 17.2 Å². The van der Waals surface area contributed by atoms with Crippen LogP contribution in [0.5, 0.6) is 17.2 Å². The monoisotopic (exact) mass is 614 g/mol. The second-order valence-corrected chi connectivity index (χ2v) is 10.2. The maximum atomic E-state index is 9.75. The van der Waals surface area contributed by atoms with E-state index in [1.54, 1.807) is 0 Å². The molecule has 0 unspecified atom stereocenters. The third-order valence-corrected chi connectivity index (χ3v) is 7.61. The van der Waals surface area contributed by atoms with Crippen molar-refractivity contribution in [1.29, 1.82) is 0 Å². The van der Waals surface area contributed by atoms with Crippen molar-refractivity contribution in [2.45, 2.75) is 35.5 Å². The fourth-order valence-corrected chi connectivity index (χ4v) is 5.97. The zero-order valence-corrected chi connectivity index (χ0v) is 25.1. The first-order chi connectivity index (χ1) is 20.3. The summed E-state index contributed by atoms with van der Waals surface area (Å²) in [4.78, 5) is 3.17. The van der Waals surface area contributed by atoms with Crippen LogP contribution >= 0.6 is 0 Å². The summed E-state index contributed by atoms with van der Waals surface area (Å²) < 4.78 is 74.2. The summed E-state index contributed by atoms with van der Waals surface area (Å²) in [6, 6.07) is 24.5. The molecule has 0 aromatic heterocycles. The van der Waals surface area contributed by atoms with E-state index in [0.29, 0.717) is 59.5 Å². The molecule has 0 aliphatic heterocycles. The van der Waals surface area contributed by atoms with E-state index >= 15 is 0 Å².